The lowest BCUT2D eigenvalue weighted by Gasteiger charge is -2.42. The zero-order valence-corrected chi connectivity index (χ0v) is 20.9. The van der Waals surface area contributed by atoms with E-state index in [4.69, 9.17) is 4.74 Å². The number of aromatic nitrogens is 1. The van der Waals surface area contributed by atoms with E-state index in [1.165, 1.54) is 17.7 Å². The molecular formula is C26H37N5O3. The number of amides is 2. The van der Waals surface area contributed by atoms with E-state index < -0.39 is 11.7 Å². The van der Waals surface area contributed by atoms with Crippen LogP contribution in [0.25, 0.3) is 10.9 Å². The highest BCUT2D eigenvalue weighted by Gasteiger charge is 2.31. The summed E-state index contributed by atoms with van der Waals surface area (Å²) in [6.45, 7) is 10.8. The van der Waals surface area contributed by atoms with Crippen molar-refractivity contribution in [2.45, 2.75) is 45.3 Å². The maximum Gasteiger partial charge on any atom is 0.415 e. The topological polar surface area (TPSA) is 69.2 Å². The number of pyridine rings is 1. The van der Waals surface area contributed by atoms with Gasteiger partial charge in [-0.2, -0.15) is 0 Å². The van der Waals surface area contributed by atoms with Crippen molar-refractivity contribution >= 4 is 28.6 Å². The van der Waals surface area contributed by atoms with Gasteiger partial charge >= 0.3 is 6.09 Å². The first-order chi connectivity index (χ1) is 16.2. The summed E-state index contributed by atoms with van der Waals surface area (Å²) >= 11 is 0. The summed E-state index contributed by atoms with van der Waals surface area (Å²) in [5, 5.41) is 0.910. The van der Waals surface area contributed by atoms with E-state index in [0.29, 0.717) is 30.3 Å². The van der Waals surface area contributed by atoms with Crippen LogP contribution in [0.2, 0.25) is 0 Å². The molecule has 0 bridgehead atoms. The van der Waals surface area contributed by atoms with Crippen LogP contribution in [0.15, 0.2) is 36.5 Å². The monoisotopic (exact) mass is 467 g/mol. The molecule has 0 spiro atoms. The number of piperazine rings is 1. The Morgan fingerprint density at radius 3 is 2.38 bits per heavy atom. The smallest absolute Gasteiger partial charge is 0.415 e. The molecule has 4 rings (SSSR count). The van der Waals surface area contributed by atoms with Crippen LogP contribution < -0.4 is 4.90 Å². The third-order valence-electron chi connectivity index (χ3n) is 6.68. The number of ether oxygens (including phenoxy) is 1. The second-order valence-corrected chi connectivity index (χ2v) is 10.4. The van der Waals surface area contributed by atoms with Crippen LogP contribution in [0.1, 0.15) is 33.6 Å². The van der Waals surface area contributed by atoms with E-state index in [9.17, 15) is 9.59 Å². The minimum absolute atomic E-state index is 0.0678. The van der Waals surface area contributed by atoms with Gasteiger partial charge in [-0.15, -0.1) is 0 Å². The lowest BCUT2D eigenvalue weighted by Crippen LogP contribution is -2.55. The highest BCUT2D eigenvalue weighted by atomic mass is 16.6. The second kappa shape index (κ2) is 10.3. The van der Waals surface area contributed by atoms with Gasteiger partial charge in [0.2, 0.25) is 5.91 Å². The zero-order valence-electron chi connectivity index (χ0n) is 20.9. The quantitative estimate of drug-likeness (QED) is 0.688. The molecule has 0 aliphatic carbocycles. The molecule has 3 heterocycles. The summed E-state index contributed by atoms with van der Waals surface area (Å²) in [5.41, 5.74) is 0.595. The molecule has 34 heavy (non-hydrogen) atoms. The maximum atomic E-state index is 13.3. The van der Waals surface area contributed by atoms with Gasteiger partial charge in [0, 0.05) is 43.8 Å². The molecule has 8 heteroatoms. The van der Waals surface area contributed by atoms with Gasteiger partial charge in [0.05, 0.1) is 11.2 Å². The van der Waals surface area contributed by atoms with E-state index in [0.717, 1.165) is 31.6 Å². The minimum atomic E-state index is -0.671. The number of hydrogen-bond acceptors (Lipinski definition) is 6. The minimum Gasteiger partial charge on any atom is -0.443 e. The number of carbonyl (C=O) groups excluding carboxylic acids is 2. The fourth-order valence-corrected chi connectivity index (χ4v) is 4.80. The molecule has 0 radical (unpaired) electrons. The van der Waals surface area contributed by atoms with Crippen molar-refractivity contribution in [2.24, 2.45) is 0 Å². The molecule has 2 aliphatic heterocycles. The Labute approximate surface area is 202 Å². The predicted octanol–water partition coefficient (Wildman–Crippen LogP) is 3.21. The molecule has 184 valence electrons. The standard InChI is InChI=1S/C26H37N5O3/c1-26(2,3)34-25(33)31(22-9-5-7-20-8-6-12-27-24(20)22)19-23(32)30-17-15-29(16-18-30)21-10-13-28(4)14-11-21/h5-9,12,21H,10-11,13-19H2,1-4H3. The Morgan fingerprint density at radius 2 is 1.71 bits per heavy atom. The number of hydrogen-bond donors (Lipinski definition) is 0. The molecule has 0 saturated carbocycles. The largest absolute Gasteiger partial charge is 0.443 e. The van der Waals surface area contributed by atoms with Crippen LogP contribution in [-0.2, 0) is 9.53 Å². The number of nitrogens with zero attached hydrogens (tertiary/aromatic N) is 5. The lowest BCUT2D eigenvalue weighted by molar-refractivity contribution is -0.132. The van der Waals surface area contributed by atoms with E-state index >= 15 is 0 Å². The van der Waals surface area contributed by atoms with Crippen molar-refractivity contribution < 1.29 is 14.3 Å². The van der Waals surface area contributed by atoms with Gasteiger partial charge in [0.1, 0.15) is 12.1 Å². The first kappa shape index (κ1) is 24.4. The molecule has 0 unspecified atom stereocenters. The first-order valence-corrected chi connectivity index (χ1v) is 12.3. The number of likely N-dealkylation sites (tertiary alicyclic amines) is 1. The van der Waals surface area contributed by atoms with Crippen molar-refractivity contribution in [3.05, 3.63) is 36.5 Å². The highest BCUT2D eigenvalue weighted by molar-refractivity contribution is 6.02. The summed E-state index contributed by atoms with van der Waals surface area (Å²) in [7, 11) is 2.18. The van der Waals surface area contributed by atoms with Gasteiger partial charge in [-0.3, -0.25) is 19.6 Å². The molecule has 2 aromatic rings. The Morgan fingerprint density at radius 1 is 1.03 bits per heavy atom. The summed E-state index contributed by atoms with van der Waals surface area (Å²) in [6.07, 6.45) is 3.53. The van der Waals surface area contributed by atoms with Gasteiger partial charge in [-0.25, -0.2) is 4.79 Å². The van der Waals surface area contributed by atoms with Gasteiger partial charge in [0.25, 0.3) is 0 Å². The second-order valence-electron chi connectivity index (χ2n) is 10.4. The van der Waals surface area contributed by atoms with Gasteiger partial charge in [-0.1, -0.05) is 18.2 Å². The Bertz CT molecular complexity index is 1000. The number of rotatable bonds is 4. The molecule has 0 N–H and O–H groups in total. The normalized spacial score (nSPS) is 18.8. The van der Waals surface area contributed by atoms with E-state index in [2.05, 4.69) is 21.8 Å². The third kappa shape index (κ3) is 5.85. The van der Waals surface area contributed by atoms with E-state index in [1.807, 2.05) is 56.0 Å². The van der Waals surface area contributed by atoms with Crippen LogP contribution in [-0.4, -0.2) is 96.2 Å². The van der Waals surface area contributed by atoms with Gasteiger partial charge in [0.15, 0.2) is 0 Å². The van der Waals surface area contributed by atoms with Crippen LogP contribution in [0, 0.1) is 0 Å². The van der Waals surface area contributed by atoms with E-state index in [1.54, 1.807) is 6.20 Å². The fourth-order valence-electron chi connectivity index (χ4n) is 4.80. The summed E-state index contributed by atoms with van der Waals surface area (Å²) in [6, 6.07) is 10.1. The predicted molar refractivity (Wildman–Crippen MR) is 134 cm³/mol. The molecule has 1 aromatic carbocycles. The number of para-hydroxylation sites is 1. The molecule has 2 aliphatic rings. The van der Waals surface area contributed by atoms with Crippen molar-refractivity contribution in [3.8, 4) is 0 Å². The lowest BCUT2D eigenvalue weighted by atomic mass is 10.0. The number of carbonyl (C=O) groups is 2. The highest BCUT2D eigenvalue weighted by Crippen LogP contribution is 2.27. The first-order valence-electron chi connectivity index (χ1n) is 12.3. The molecule has 0 atom stereocenters. The molecule has 1 aromatic heterocycles. The van der Waals surface area contributed by atoms with Crippen molar-refractivity contribution in [1.82, 2.24) is 19.7 Å². The maximum absolute atomic E-state index is 13.3. The number of fused-ring (bicyclic) bond motifs is 1. The average molecular weight is 468 g/mol. The fraction of sp³-hybridized carbons (Fsp3) is 0.577. The molecular weight excluding hydrogens is 430 g/mol. The summed E-state index contributed by atoms with van der Waals surface area (Å²) in [4.78, 5) is 39.2. The van der Waals surface area contributed by atoms with Crippen LogP contribution in [0.3, 0.4) is 0 Å². The van der Waals surface area contributed by atoms with Crippen LogP contribution >= 0.6 is 0 Å². The van der Waals surface area contributed by atoms with Crippen molar-refractivity contribution in [2.75, 3.05) is 57.8 Å². The molecule has 2 fully saturated rings. The van der Waals surface area contributed by atoms with Crippen molar-refractivity contribution in [3.63, 3.8) is 0 Å². The van der Waals surface area contributed by atoms with Gasteiger partial charge < -0.3 is 14.5 Å². The number of benzene rings is 1. The zero-order chi connectivity index (χ0) is 24.3. The van der Waals surface area contributed by atoms with E-state index in [-0.39, 0.29) is 12.5 Å². The van der Waals surface area contributed by atoms with Gasteiger partial charge in [-0.05, 0) is 65.9 Å². The molecule has 2 saturated heterocycles. The average Bonchev–Trinajstić information content (AvgIpc) is 2.81. The number of piperidine rings is 1. The van der Waals surface area contributed by atoms with Crippen LogP contribution in [0.4, 0.5) is 10.5 Å². The Kier molecular flexibility index (Phi) is 7.38. The Balaban J connectivity index is 1.47. The molecule has 2 amide bonds. The molecule has 8 nitrogen and oxygen atoms in total. The number of anilines is 1. The third-order valence-corrected chi connectivity index (χ3v) is 6.68. The summed E-state index contributed by atoms with van der Waals surface area (Å²) in [5.74, 6) is -0.0678. The summed E-state index contributed by atoms with van der Waals surface area (Å²) < 4.78 is 5.67. The van der Waals surface area contributed by atoms with Crippen LogP contribution in [0.5, 0.6) is 0 Å². The Hall–Kier alpha value is -2.71. The van der Waals surface area contributed by atoms with Crippen molar-refractivity contribution in [1.29, 1.82) is 0 Å². The SMILES string of the molecule is CN1CCC(N2CCN(C(=O)CN(C(=O)OC(C)(C)C)c3cccc4cccnc34)CC2)CC1.